The maximum Gasteiger partial charge on any atom is 0.123 e. The largest absolute Gasteiger partial charge is 0.384 e. The predicted octanol–water partition coefficient (Wildman–Crippen LogP) is 4.29. The standard InChI is InChI=1S/C15H14BrFO/c1-9-7-14(16)10(2)6-13(9)15(18)11-4-3-5-12(17)8-11/h3-8,15,18H,1-2H3. The van der Waals surface area contributed by atoms with Gasteiger partial charge in [0.15, 0.2) is 0 Å². The van der Waals surface area contributed by atoms with Crippen molar-refractivity contribution >= 4 is 15.9 Å². The summed E-state index contributed by atoms with van der Waals surface area (Å²) in [6, 6.07) is 9.96. The van der Waals surface area contributed by atoms with Gasteiger partial charge in [-0.05, 0) is 54.3 Å². The number of hydrogen-bond acceptors (Lipinski definition) is 1. The molecule has 0 fully saturated rings. The summed E-state index contributed by atoms with van der Waals surface area (Å²) < 4.78 is 14.2. The van der Waals surface area contributed by atoms with Crippen molar-refractivity contribution in [1.29, 1.82) is 0 Å². The molecule has 0 aliphatic heterocycles. The van der Waals surface area contributed by atoms with Gasteiger partial charge >= 0.3 is 0 Å². The van der Waals surface area contributed by atoms with Crippen LogP contribution < -0.4 is 0 Å². The highest BCUT2D eigenvalue weighted by molar-refractivity contribution is 9.10. The zero-order valence-corrected chi connectivity index (χ0v) is 11.8. The van der Waals surface area contributed by atoms with Gasteiger partial charge in [0.05, 0.1) is 0 Å². The van der Waals surface area contributed by atoms with Crippen LogP contribution in [0.4, 0.5) is 4.39 Å². The van der Waals surface area contributed by atoms with Crippen LogP contribution in [-0.2, 0) is 0 Å². The first-order valence-corrected chi connectivity index (χ1v) is 6.48. The van der Waals surface area contributed by atoms with E-state index in [2.05, 4.69) is 15.9 Å². The van der Waals surface area contributed by atoms with Crippen LogP contribution in [0.15, 0.2) is 40.9 Å². The molecule has 0 bridgehead atoms. The van der Waals surface area contributed by atoms with E-state index in [0.717, 1.165) is 21.2 Å². The van der Waals surface area contributed by atoms with E-state index < -0.39 is 6.10 Å². The van der Waals surface area contributed by atoms with E-state index in [9.17, 15) is 9.50 Å². The predicted molar refractivity (Wildman–Crippen MR) is 74.1 cm³/mol. The summed E-state index contributed by atoms with van der Waals surface area (Å²) in [5, 5.41) is 10.3. The Kier molecular flexibility index (Phi) is 3.83. The van der Waals surface area contributed by atoms with Gasteiger partial charge in [0.1, 0.15) is 11.9 Å². The first-order chi connectivity index (χ1) is 8.49. The quantitative estimate of drug-likeness (QED) is 0.877. The summed E-state index contributed by atoms with van der Waals surface area (Å²) >= 11 is 3.46. The molecular weight excluding hydrogens is 295 g/mol. The molecule has 94 valence electrons. The summed E-state index contributed by atoms with van der Waals surface area (Å²) in [7, 11) is 0. The topological polar surface area (TPSA) is 20.2 Å². The molecule has 1 nitrogen and oxygen atoms in total. The van der Waals surface area contributed by atoms with Crippen LogP contribution in [0.1, 0.15) is 28.4 Å². The van der Waals surface area contributed by atoms with Crippen molar-refractivity contribution in [3.8, 4) is 0 Å². The third-order valence-corrected chi connectivity index (χ3v) is 3.86. The Balaban J connectivity index is 2.46. The molecule has 2 aromatic carbocycles. The lowest BCUT2D eigenvalue weighted by Gasteiger charge is -2.16. The number of benzene rings is 2. The molecule has 18 heavy (non-hydrogen) atoms. The molecule has 0 spiro atoms. The van der Waals surface area contributed by atoms with E-state index in [1.165, 1.54) is 12.1 Å². The molecule has 0 aliphatic carbocycles. The molecule has 1 unspecified atom stereocenters. The van der Waals surface area contributed by atoms with Crippen LogP contribution in [-0.4, -0.2) is 5.11 Å². The fraction of sp³-hybridized carbons (Fsp3) is 0.200. The lowest BCUT2D eigenvalue weighted by molar-refractivity contribution is 0.219. The van der Waals surface area contributed by atoms with Crippen LogP contribution in [0.2, 0.25) is 0 Å². The molecule has 0 saturated carbocycles. The van der Waals surface area contributed by atoms with Gasteiger partial charge in [-0.3, -0.25) is 0 Å². The Morgan fingerprint density at radius 1 is 1.11 bits per heavy atom. The highest BCUT2D eigenvalue weighted by Gasteiger charge is 2.14. The fourth-order valence-electron chi connectivity index (χ4n) is 1.95. The van der Waals surface area contributed by atoms with Crippen molar-refractivity contribution < 1.29 is 9.50 Å². The SMILES string of the molecule is Cc1cc(C(O)c2cccc(F)c2)c(C)cc1Br. The Morgan fingerprint density at radius 3 is 2.50 bits per heavy atom. The Labute approximate surface area is 114 Å². The first-order valence-electron chi connectivity index (χ1n) is 5.69. The second-order valence-corrected chi connectivity index (χ2v) is 5.27. The Bertz CT molecular complexity index is 581. The smallest absolute Gasteiger partial charge is 0.123 e. The molecule has 0 radical (unpaired) electrons. The van der Waals surface area contributed by atoms with Gasteiger partial charge in [0.25, 0.3) is 0 Å². The van der Waals surface area contributed by atoms with E-state index in [1.807, 2.05) is 26.0 Å². The zero-order chi connectivity index (χ0) is 13.3. The zero-order valence-electron chi connectivity index (χ0n) is 10.2. The third-order valence-electron chi connectivity index (χ3n) is 3.01. The van der Waals surface area contributed by atoms with Crippen molar-refractivity contribution in [2.75, 3.05) is 0 Å². The first kappa shape index (κ1) is 13.2. The highest BCUT2D eigenvalue weighted by Crippen LogP contribution is 2.29. The molecule has 0 aliphatic rings. The normalized spacial score (nSPS) is 12.5. The number of halogens is 2. The van der Waals surface area contributed by atoms with Crippen molar-refractivity contribution in [2.45, 2.75) is 20.0 Å². The Hall–Kier alpha value is -1.19. The summed E-state index contributed by atoms with van der Waals surface area (Å²) in [5.41, 5.74) is 3.40. The monoisotopic (exact) mass is 308 g/mol. The lowest BCUT2D eigenvalue weighted by Crippen LogP contribution is -2.03. The molecule has 1 N–H and O–H groups in total. The number of rotatable bonds is 2. The average Bonchev–Trinajstić information content (AvgIpc) is 2.33. The van der Waals surface area contributed by atoms with E-state index in [0.29, 0.717) is 5.56 Å². The summed E-state index contributed by atoms with van der Waals surface area (Å²) in [4.78, 5) is 0. The van der Waals surface area contributed by atoms with Crippen LogP contribution in [0, 0.1) is 19.7 Å². The van der Waals surface area contributed by atoms with E-state index in [-0.39, 0.29) is 5.82 Å². The minimum absolute atomic E-state index is 0.335. The van der Waals surface area contributed by atoms with Crippen LogP contribution >= 0.6 is 15.9 Å². The Morgan fingerprint density at radius 2 is 1.83 bits per heavy atom. The van der Waals surface area contributed by atoms with E-state index in [4.69, 9.17) is 0 Å². The van der Waals surface area contributed by atoms with Gasteiger partial charge in [-0.1, -0.05) is 34.1 Å². The number of aryl methyl sites for hydroxylation is 2. The minimum atomic E-state index is -0.799. The molecule has 1 atom stereocenters. The number of hydrogen-bond donors (Lipinski definition) is 1. The highest BCUT2D eigenvalue weighted by atomic mass is 79.9. The van der Waals surface area contributed by atoms with Gasteiger partial charge in [-0.15, -0.1) is 0 Å². The van der Waals surface area contributed by atoms with Gasteiger partial charge in [-0.25, -0.2) is 4.39 Å². The van der Waals surface area contributed by atoms with Crippen molar-refractivity contribution in [2.24, 2.45) is 0 Å². The van der Waals surface area contributed by atoms with Crippen molar-refractivity contribution in [3.05, 3.63) is 68.9 Å². The van der Waals surface area contributed by atoms with Crippen molar-refractivity contribution in [1.82, 2.24) is 0 Å². The van der Waals surface area contributed by atoms with Gasteiger partial charge < -0.3 is 5.11 Å². The van der Waals surface area contributed by atoms with E-state index in [1.54, 1.807) is 12.1 Å². The molecule has 2 aromatic rings. The molecule has 0 aromatic heterocycles. The second-order valence-electron chi connectivity index (χ2n) is 4.42. The molecule has 0 amide bonds. The summed E-state index contributed by atoms with van der Waals surface area (Å²) in [6.45, 7) is 3.90. The van der Waals surface area contributed by atoms with E-state index >= 15 is 0 Å². The molecule has 2 rings (SSSR count). The molecule has 0 saturated heterocycles. The van der Waals surface area contributed by atoms with Crippen LogP contribution in [0.3, 0.4) is 0 Å². The van der Waals surface area contributed by atoms with Gasteiger partial charge in [-0.2, -0.15) is 0 Å². The fourth-order valence-corrected chi connectivity index (χ4v) is 2.41. The summed E-state index contributed by atoms with van der Waals surface area (Å²) in [5.74, 6) is -0.335. The maximum absolute atomic E-state index is 13.2. The van der Waals surface area contributed by atoms with Crippen LogP contribution in [0.25, 0.3) is 0 Å². The minimum Gasteiger partial charge on any atom is -0.384 e. The number of aliphatic hydroxyl groups is 1. The maximum atomic E-state index is 13.2. The molecule has 3 heteroatoms. The molecule has 0 heterocycles. The lowest BCUT2D eigenvalue weighted by atomic mass is 9.96. The molecular formula is C15H14BrFO. The summed E-state index contributed by atoms with van der Waals surface area (Å²) in [6.07, 6.45) is -0.799. The number of aliphatic hydroxyl groups excluding tert-OH is 1. The third kappa shape index (κ3) is 2.62. The van der Waals surface area contributed by atoms with Gasteiger partial charge in [0, 0.05) is 4.47 Å². The second kappa shape index (κ2) is 5.21. The van der Waals surface area contributed by atoms with Crippen LogP contribution in [0.5, 0.6) is 0 Å². The van der Waals surface area contributed by atoms with Gasteiger partial charge in [0.2, 0.25) is 0 Å². The average molecular weight is 309 g/mol. The van der Waals surface area contributed by atoms with Crippen molar-refractivity contribution in [3.63, 3.8) is 0 Å².